The van der Waals surface area contributed by atoms with Crippen molar-refractivity contribution in [1.29, 1.82) is 0 Å². The second-order valence-corrected chi connectivity index (χ2v) is 3.86. The molecule has 0 atom stereocenters. The minimum atomic E-state index is 0.118. The predicted molar refractivity (Wildman–Crippen MR) is 64.1 cm³/mol. The van der Waals surface area contributed by atoms with E-state index >= 15 is 0 Å². The van der Waals surface area contributed by atoms with Crippen molar-refractivity contribution in [3.05, 3.63) is 29.8 Å². The molecule has 0 radical (unpaired) electrons. The molecule has 0 spiro atoms. The highest BCUT2D eigenvalue weighted by molar-refractivity contribution is 5.91. The van der Waals surface area contributed by atoms with Gasteiger partial charge in [-0.3, -0.25) is 4.79 Å². The van der Waals surface area contributed by atoms with Gasteiger partial charge in [0, 0.05) is 19.2 Å². The molecule has 0 aliphatic carbocycles. The maximum absolute atomic E-state index is 11.5. The van der Waals surface area contributed by atoms with Gasteiger partial charge in [0.15, 0.2) is 0 Å². The van der Waals surface area contributed by atoms with E-state index in [0.717, 1.165) is 25.1 Å². The second-order valence-electron chi connectivity index (χ2n) is 3.86. The number of rotatable bonds is 4. The van der Waals surface area contributed by atoms with Crippen molar-refractivity contribution in [2.45, 2.75) is 33.6 Å². The average Bonchev–Trinajstić information content (AvgIpc) is 2.21. The van der Waals surface area contributed by atoms with Crippen LogP contribution in [0, 0.1) is 6.92 Å². The van der Waals surface area contributed by atoms with Crippen LogP contribution in [0.2, 0.25) is 0 Å². The molecule has 2 heteroatoms. The normalized spacial score (nSPS) is 10.1. The molecule has 1 aromatic rings. The van der Waals surface area contributed by atoms with E-state index in [1.165, 1.54) is 5.56 Å². The number of unbranched alkanes of at least 4 members (excludes halogenated alkanes) is 1. The average molecular weight is 205 g/mol. The Hall–Kier alpha value is -1.31. The van der Waals surface area contributed by atoms with Gasteiger partial charge in [-0.25, -0.2) is 0 Å². The number of nitrogens with zero attached hydrogens (tertiary/aromatic N) is 1. The standard InChI is InChI=1S/C13H19NO/c1-4-5-10-14(12(3)15)13-8-6-11(2)7-9-13/h6-9H,4-5,10H2,1-3H3. The van der Waals surface area contributed by atoms with Crippen molar-refractivity contribution in [1.82, 2.24) is 0 Å². The Balaban J connectivity index is 2.79. The summed E-state index contributed by atoms with van der Waals surface area (Å²) in [4.78, 5) is 13.3. The van der Waals surface area contributed by atoms with E-state index < -0.39 is 0 Å². The van der Waals surface area contributed by atoms with Crippen LogP contribution in [-0.4, -0.2) is 12.5 Å². The summed E-state index contributed by atoms with van der Waals surface area (Å²) < 4.78 is 0. The summed E-state index contributed by atoms with van der Waals surface area (Å²) in [6.07, 6.45) is 2.16. The molecule has 1 amide bonds. The van der Waals surface area contributed by atoms with E-state index in [0.29, 0.717) is 0 Å². The highest BCUT2D eigenvalue weighted by atomic mass is 16.2. The van der Waals surface area contributed by atoms with Crippen LogP contribution in [0.15, 0.2) is 24.3 Å². The topological polar surface area (TPSA) is 20.3 Å². The number of hydrogen-bond acceptors (Lipinski definition) is 1. The van der Waals surface area contributed by atoms with Crippen LogP contribution in [0.5, 0.6) is 0 Å². The molecule has 0 saturated carbocycles. The predicted octanol–water partition coefficient (Wildman–Crippen LogP) is 3.15. The molecule has 0 aromatic heterocycles. The zero-order chi connectivity index (χ0) is 11.3. The van der Waals surface area contributed by atoms with Gasteiger partial charge < -0.3 is 4.90 Å². The first-order chi connectivity index (χ1) is 7.15. The lowest BCUT2D eigenvalue weighted by molar-refractivity contribution is -0.116. The molecule has 0 bridgehead atoms. The van der Waals surface area contributed by atoms with Crippen molar-refractivity contribution in [3.8, 4) is 0 Å². The fourth-order valence-electron chi connectivity index (χ4n) is 1.51. The van der Waals surface area contributed by atoms with Gasteiger partial charge in [0.25, 0.3) is 0 Å². The largest absolute Gasteiger partial charge is 0.313 e. The lowest BCUT2D eigenvalue weighted by Crippen LogP contribution is -2.29. The molecule has 0 heterocycles. The minimum Gasteiger partial charge on any atom is -0.313 e. The molecule has 0 aliphatic rings. The van der Waals surface area contributed by atoms with Gasteiger partial charge >= 0.3 is 0 Å². The lowest BCUT2D eigenvalue weighted by Gasteiger charge is -2.21. The highest BCUT2D eigenvalue weighted by Crippen LogP contribution is 2.15. The second kappa shape index (κ2) is 5.54. The fraction of sp³-hybridized carbons (Fsp3) is 0.462. The van der Waals surface area contributed by atoms with E-state index in [1.807, 2.05) is 36.1 Å². The molecular weight excluding hydrogens is 186 g/mol. The summed E-state index contributed by atoms with van der Waals surface area (Å²) in [5.74, 6) is 0.118. The molecule has 0 saturated heterocycles. The van der Waals surface area contributed by atoms with Gasteiger partial charge in [-0.1, -0.05) is 31.0 Å². The number of carbonyl (C=O) groups excluding carboxylic acids is 1. The van der Waals surface area contributed by atoms with Crippen LogP contribution < -0.4 is 4.90 Å². The molecule has 82 valence electrons. The third-order valence-corrected chi connectivity index (χ3v) is 2.46. The van der Waals surface area contributed by atoms with Crippen LogP contribution in [0.4, 0.5) is 5.69 Å². The van der Waals surface area contributed by atoms with Crippen molar-refractivity contribution < 1.29 is 4.79 Å². The van der Waals surface area contributed by atoms with Crippen LogP contribution in [0.3, 0.4) is 0 Å². The maximum Gasteiger partial charge on any atom is 0.223 e. The summed E-state index contributed by atoms with van der Waals surface area (Å²) in [6, 6.07) is 8.09. The van der Waals surface area contributed by atoms with Crippen LogP contribution in [-0.2, 0) is 4.79 Å². The van der Waals surface area contributed by atoms with E-state index in [-0.39, 0.29) is 5.91 Å². The maximum atomic E-state index is 11.5. The Morgan fingerprint density at radius 2 is 1.87 bits per heavy atom. The van der Waals surface area contributed by atoms with E-state index in [2.05, 4.69) is 6.92 Å². The third kappa shape index (κ3) is 3.39. The highest BCUT2D eigenvalue weighted by Gasteiger charge is 2.09. The number of aryl methyl sites for hydroxylation is 1. The minimum absolute atomic E-state index is 0.118. The Kier molecular flexibility index (Phi) is 4.35. The Morgan fingerprint density at radius 3 is 2.33 bits per heavy atom. The summed E-state index contributed by atoms with van der Waals surface area (Å²) >= 11 is 0. The summed E-state index contributed by atoms with van der Waals surface area (Å²) in [6.45, 7) is 6.62. The number of amides is 1. The molecular formula is C13H19NO. The van der Waals surface area contributed by atoms with Gasteiger partial charge in [0.1, 0.15) is 0 Å². The molecule has 0 N–H and O–H groups in total. The number of benzene rings is 1. The van der Waals surface area contributed by atoms with Crippen LogP contribution in [0.25, 0.3) is 0 Å². The van der Waals surface area contributed by atoms with Gasteiger partial charge in [0.05, 0.1) is 0 Å². The molecule has 15 heavy (non-hydrogen) atoms. The first-order valence-electron chi connectivity index (χ1n) is 5.50. The smallest absolute Gasteiger partial charge is 0.223 e. The SMILES string of the molecule is CCCCN(C(C)=O)c1ccc(C)cc1. The number of anilines is 1. The Morgan fingerprint density at radius 1 is 1.27 bits per heavy atom. The van der Waals surface area contributed by atoms with Crippen LogP contribution in [0.1, 0.15) is 32.3 Å². The molecule has 0 aliphatic heterocycles. The number of carbonyl (C=O) groups is 1. The zero-order valence-electron chi connectivity index (χ0n) is 9.79. The molecule has 1 rings (SSSR count). The molecule has 1 aromatic carbocycles. The first kappa shape index (κ1) is 11.8. The lowest BCUT2D eigenvalue weighted by atomic mass is 10.2. The quantitative estimate of drug-likeness (QED) is 0.739. The van der Waals surface area contributed by atoms with Crippen molar-refractivity contribution in [2.24, 2.45) is 0 Å². The Labute approximate surface area is 91.9 Å². The third-order valence-electron chi connectivity index (χ3n) is 2.46. The number of hydrogen-bond donors (Lipinski definition) is 0. The van der Waals surface area contributed by atoms with Gasteiger partial charge in [0.2, 0.25) is 5.91 Å². The summed E-state index contributed by atoms with van der Waals surface area (Å²) in [5, 5.41) is 0. The zero-order valence-corrected chi connectivity index (χ0v) is 9.79. The fourth-order valence-corrected chi connectivity index (χ4v) is 1.51. The molecule has 0 unspecified atom stereocenters. The first-order valence-corrected chi connectivity index (χ1v) is 5.50. The van der Waals surface area contributed by atoms with Gasteiger partial charge in [-0.05, 0) is 25.5 Å². The monoisotopic (exact) mass is 205 g/mol. The van der Waals surface area contributed by atoms with E-state index in [4.69, 9.17) is 0 Å². The summed E-state index contributed by atoms with van der Waals surface area (Å²) in [7, 11) is 0. The van der Waals surface area contributed by atoms with Crippen molar-refractivity contribution in [2.75, 3.05) is 11.4 Å². The van der Waals surface area contributed by atoms with Crippen molar-refractivity contribution in [3.63, 3.8) is 0 Å². The van der Waals surface area contributed by atoms with Gasteiger partial charge in [-0.2, -0.15) is 0 Å². The van der Waals surface area contributed by atoms with Crippen LogP contribution >= 0.6 is 0 Å². The van der Waals surface area contributed by atoms with E-state index in [1.54, 1.807) is 6.92 Å². The molecule has 2 nitrogen and oxygen atoms in total. The van der Waals surface area contributed by atoms with Crippen molar-refractivity contribution >= 4 is 11.6 Å². The Bertz CT molecular complexity index is 316. The summed E-state index contributed by atoms with van der Waals surface area (Å²) in [5.41, 5.74) is 2.22. The van der Waals surface area contributed by atoms with E-state index in [9.17, 15) is 4.79 Å². The molecule has 0 fully saturated rings. The van der Waals surface area contributed by atoms with Gasteiger partial charge in [-0.15, -0.1) is 0 Å².